The number of phenolic OH excluding ortho intramolecular Hbond substituents is 1. The second-order valence-corrected chi connectivity index (χ2v) is 10.9. The Balaban J connectivity index is 1.49. The van der Waals surface area contributed by atoms with Gasteiger partial charge in [0.2, 0.25) is 0 Å². The number of hydrogen-bond acceptors (Lipinski definition) is 7. The SMILES string of the molecule is CCOc1cc(C2c3c(C)nn(-c4ccccc4)c3N=C3C(Nc4ccc(C)c(Cl)c4)=Nc4ccccc4N32)ccc1O. The van der Waals surface area contributed by atoms with E-state index in [9.17, 15) is 5.11 Å². The predicted octanol–water partition coefficient (Wildman–Crippen LogP) is 8.04. The smallest absolute Gasteiger partial charge is 0.179 e. The number of aryl methyl sites for hydroxylation is 2. The van der Waals surface area contributed by atoms with Crippen LogP contribution in [0.25, 0.3) is 5.69 Å². The standard InChI is InChI=1S/C34H29ClN6O2/c1-4-43-29-18-22(15-17-28(29)42)31-30-21(3)39-41(24-10-6-5-7-11-24)33(30)38-34-32(36-23-16-14-20(2)25(35)19-23)37-26-12-8-9-13-27(26)40(31)34/h5-19,31,42H,4H2,1-3H3,(H,36,37). The van der Waals surface area contributed by atoms with Crippen molar-refractivity contribution in [2.75, 3.05) is 16.8 Å². The molecular weight excluding hydrogens is 560 g/mol. The van der Waals surface area contributed by atoms with E-state index < -0.39 is 0 Å². The van der Waals surface area contributed by atoms with Crippen molar-refractivity contribution in [2.45, 2.75) is 26.8 Å². The molecule has 8 nitrogen and oxygen atoms in total. The lowest BCUT2D eigenvalue weighted by Gasteiger charge is -2.40. The predicted molar refractivity (Wildman–Crippen MR) is 172 cm³/mol. The Labute approximate surface area is 254 Å². The van der Waals surface area contributed by atoms with Crippen molar-refractivity contribution in [2.24, 2.45) is 9.98 Å². The number of hydrogen-bond donors (Lipinski definition) is 2. The van der Waals surface area contributed by atoms with Crippen LogP contribution in [-0.4, -0.2) is 33.2 Å². The van der Waals surface area contributed by atoms with E-state index in [1.807, 2.05) is 110 Å². The van der Waals surface area contributed by atoms with Gasteiger partial charge in [0.05, 0.1) is 35.4 Å². The number of nitrogens with zero attached hydrogens (tertiary/aromatic N) is 5. The Morgan fingerprint density at radius 3 is 2.51 bits per heavy atom. The van der Waals surface area contributed by atoms with E-state index in [2.05, 4.69) is 10.2 Å². The van der Waals surface area contributed by atoms with E-state index in [-0.39, 0.29) is 11.8 Å². The average Bonchev–Trinajstić information content (AvgIpc) is 3.35. The van der Waals surface area contributed by atoms with Gasteiger partial charge in [-0.25, -0.2) is 14.7 Å². The fraction of sp³-hybridized carbons (Fsp3) is 0.147. The highest BCUT2D eigenvalue weighted by Crippen LogP contribution is 2.49. The molecule has 2 N–H and O–H groups in total. The second kappa shape index (κ2) is 10.6. The molecule has 3 heterocycles. The number of nitrogens with one attached hydrogen (secondary N) is 1. The third-order valence-electron chi connectivity index (χ3n) is 7.67. The van der Waals surface area contributed by atoms with Crippen molar-refractivity contribution < 1.29 is 9.84 Å². The summed E-state index contributed by atoms with van der Waals surface area (Å²) in [6.45, 7) is 6.31. The van der Waals surface area contributed by atoms with E-state index in [0.717, 1.165) is 45.1 Å². The fourth-order valence-corrected chi connectivity index (χ4v) is 5.82. The zero-order valence-corrected chi connectivity index (χ0v) is 24.7. The molecule has 214 valence electrons. The van der Waals surface area contributed by atoms with Crippen LogP contribution in [0.1, 0.15) is 35.3 Å². The van der Waals surface area contributed by atoms with Crippen LogP contribution >= 0.6 is 11.6 Å². The number of benzene rings is 4. The molecule has 1 atom stereocenters. The maximum absolute atomic E-state index is 10.6. The van der Waals surface area contributed by atoms with Crippen LogP contribution in [0.3, 0.4) is 0 Å². The summed E-state index contributed by atoms with van der Waals surface area (Å²) in [7, 11) is 0. The van der Waals surface area contributed by atoms with Crippen LogP contribution in [0.5, 0.6) is 11.5 Å². The number of ether oxygens (including phenoxy) is 1. The number of amidine groups is 2. The van der Waals surface area contributed by atoms with Crippen LogP contribution in [-0.2, 0) is 0 Å². The number of aliphatic imine (C=N–C) groups is 2. The van der Waals surface area contributed by atoms with Gasteiger partial charge < -0.3 is 20.1 Å². The van der Waals surface area contributed by atoms with Crippen LogP contribution < -0.4 is 15.0 Å². The lowest BCUT2D eigenvalue weighted by atomic mass is 9.93. The molecule has 2 aliphatic heterocycles. The zero-order chi connectivity index (χ0) is 29.7. The minimum atomic E-state index is -0.352. The Kier molecular flexibility index (Phi) is 6.63. The summed E-state index contributed by atoms with van der Waals surface area (Å²) in [5.41, 5.74) is 7.11. The minimum absolute atomic E-state index is 0.0893. The molecule has 0 radical (unpaired) electrons. The molecule has 7 rings (SSSR count). The molecule has 1 aromatic heterocycles. The van der Waals surface area contributed by atoms with Crippen molar-refractivity contribution in [3.05, 3.63) is 118 Å². The van der Waals surface area contributed by atoms with Gasteiger partial charge in [-0.05, 0) is 80.4 Å². The Morgan fingerprint density at radius 1 is 0.930 bits per heavy atom. The number of anilines is 2. The van der Waals surface area contributed by atoms with Gasteiger partial charge in [-0.15, -0.1) is 0 Å². The Hall–Kier alpha value is -5.08. The number of fused-ring (bicyclic) bond motifs is 4. The summed E-state index contributed by atoms with van der Waals surface area (Å²) < 4.78 is 7.70. The van der Waals surface area contributed by atoms with E-state index in [1.165, 1.54) is 0 Å². The molecular formula is C34H29ClN6O2. The fourth-order valence-electron chi connectivity index (χ4n) is 5.64. The first-order chi connectivity index (χ1) is 20.9. The topological polar surface area (TPSA) is 87.3 Å². The van der Waals surface area contributed by atoms with Crippen molar-refractivity contribution in [1.82, 2.24) is 9.78 Å². The summed E-state index contributed by atoms with van der Waals surface area (Å²) in [6.07, 6.45) is 0. The maximum Gasteiger partial charge on any atom is 0.179 e. The lowest BCUT2D eigenvalue weighted by Crippen LogP contribution is -2.46. The molecule has 4 aromatic carbocycles. The molecule has 0 bridgehead atoms. The highest BCUT2D eigenvalue weighted by Gasteiger charge is 2.41. The van der Waals surface area contributed by atoms with Crippen molar-refractivity contribution >= 4 is 46.2 Å². The Morgan fingerprint density at radius 2 is 1.72 bits per heavy atom. The summed E-state index contributed by atoms with van der Waals surface area (Å²) in [5.74, 6) is 2.44. The number of para-hydroxylation sites is 3. The molecule has 0 aliphatic carbocycles. The van der Waals surface area contributed by atoms with Gasteiger partial charge in [0.15, 0.2) is 29.0 Å². The minimum Gasteiger partial charge on any atom is -0.504 e. The highest BCUT2D eigenvalue weighted by atomic mass is 35.5. The van der Waals surface area contributed by atoms with E-state index in [4.69, 9.17) is 31.4 Å². The van der Waals surface area contributed by atoms with Gasteiger partial charge in [-0.3, -0.25) is 0 Å². The van der Waals surface area contributed by atoms with Gasteiger partial charge in [0.25, 0.3) is 0 Å². The molecule has 0 fully saturated rings. The quantitative estimate of drug-likeness (QED) is 0.217. The van der Waals surface area contributed by atoms with Gasteiger partial charge in [0, 0.05) is 16.3 Å². The molecule has 1 unspecified atom stereocenters. The average molecular weight is 589 g/mol. The van der Waals surface area contributed by atoms with Crippen molar-refractivity contribution in [3.63, 3.8) is 0 Å². The van der Waals surface area contributed by atoms with Crippen LogP contribution in [0.4, 0.5) is 22.9 Å². The van der Waals surface area contributed by atoms with Gasteiger partial charge in [0.1, 0.15) is 0 Å². The summed E-state index contributed by atoms with van der Waals surface area (Å²) in [6, 6.07) is 29.0. The number of aromatic hydroxyl groups is 1. The lowest BCUT2D eigenvalue weighted by molar-refractivity contribution is 0.317. The van der Waals surface area contributed by atoms with Crippen LogP contribution in [0.2, 0.25) is 5.02 Å². The second-order valence-electron chi connectivity index (χ2n) is 10.5. The Bertz CT molecular complexity index is 1930. The van der Waals surface area contributed by atoms with E-state index in [1.54, 1.807) is 6.07 Å². The monoisotopic (exact) mass is 588 g/mol. The van der Waals surface area contributed by atoms with Crippen molar-refractivity contribution in [3.8, 4) is 17.2 Å². The molecule has 9 heteroatoms. The molecule has 0 saturated carbocycles. The molecule has 0 saturated heterocycles. The third kappa shape index (κ3) is 4.60. The molecule has 5 aromatic rings. The first-order valence-corrected chi connectivity index (χ1v) is 14.5. The number of rotatable bonds is 5. The largest absolute Gasteiger partial charge is 0.504 e. The van der Waals surface area contributed by atoms with Crippen molar-refractivity contribution in [1.29, 1.82) is 0 Å². The number of phenols is 1. The normalized spacial score (nSPS) is 15.2. The molecule has 43 heavy (non-hydrogen) atoms. The highest BCUT2D eigenvalue weighted by molar-refractivity contribution is 6.51. The molecule has 0 amide bonds. The van der Waals surface area contributed by atoms with Gasteiger partial charge >= 0.3 is 0 Å². The number of aromatic nitrogens is 2. The van der Waals surface area contributed by atoms with Crippen LogP contribution in [0, 0.1) is 13.8 Å². The van der Waals surface area contributed by atoms with Crippen LogP contribution in [0.15, 0.2) is 101 Å². The summed E-state index contributed by atoms with van der Waals surface area (Å²) >= 11 is 6.50. The van der Waals surface area contributed by atoms with E-state index in [0.29, 0.717) is 34.9 Å². The third-order valence-corrected chi connectivity index (χ3v) is 8.08. The zero-order valence-electron chi connectivity index (χ0n) is 23.9. The molecule has 2 aliphatic rings. The van der Waals surface area contributed by atoms with Gasteiger partial charge in [-0.2, -0.15) is 5.10 Å². The first kappa shape index (κ1) is 26.8. The first-order valence-electron chi connectivity index (χ1n) is 14.1. The summed E-state index contributed by atoms with van der Waals surface area (Å²) in [5, 5.41) is 19.7. The van der Waals surface area contributed by atoms with Gasteiger partial charge in [-0.1, -0.05) is 54.1 Å². The summed E-state index contributed by atoms with van der Waals surface area (Å²) in [4.78, 5) is 12.5. The van der Waals surface area contributed by atoms with E-state index >= 15 is 0 Å². The molecule has 0 spiro atoms. The number of halogens is 1. The maximum atomic E-state index is 10.6.